The molecule has 2 unspecified atom stereocenters. The standard InChI is InChI=1S/C33H25F9O2S/c1-43-18-21-4-12-32(44-19-21)25-8-11-27(30(36)17-25)23-7-6-22(28(34)15-23)5-2-20-3-10-26(29(35)14-20)24-9-13-33(31(37)16-24)45(38,39,40,41)42/h3,6-11,13-17,21,32H,4,12,18-19H2,1H3. The van der Waals surface area contributed by atoms with Crippen LogP contribution in [0, 0.1) is 41.0 Å². The van der Waals surface area contributed by atoms with E-state index in [4.69, 9.17) is 9.47 Å². The van der Waals surface area contributed by atoms with Gasteiger partial charge in [0, 0.05) is 29.7 Å². The van der Waals surface area contributed by atoms with Crippen LogP contribution in [0.4, 0.5) is 37.0 Å². The molecule has 1 heterocycles. The lowest BCUT2D eigenvalue weighted by molar-refractivity contribution is -0.0372. The Hall–Kier alpha value is -3.92. The Labute approximate surface area is 253 Å². The first-order valence-electron chi connectivity index (χ1n) is 13.6. The van der Waals surface area contributed by atoms with E-state index in [1.165, 1.54) is 24.3 Å². The van der Waals surface area contributed by atoms with E-state index >= 15 is 4.39 Å². The van der Waals surface area contributed by atoms with Crippen LogP contribution in [0.5, 0.6) is 0 Å². The van der Waals surface area contributed by atoms with Gasteiger partial charge in [0.2, 0.25) is 0 Å². The SMILES string of the molecule is COCC1CCC(c2ccc(-c3ccc(C#Cc4ccc(-c5ccc(S(F)(F)(F)(F)F)c(F)c5)c(F)c4)c(F)c3)c(F)c2)OC1. The first-order valence-corrected chi connectivity index (χ1v) is 15.5. The number of ether oxygens (including phenoxy) is 2. The Balaban J connectivity index is 1.31. The number of methoxy groups -OCH3 is 1. The molecule has 4 aromatic carbocycles. The molecule has 5 rings (SSSR count). The normalized spacial score (nSPS) is 18.4. The lowest BCUT2D eigenvalue weighted by Crippen LogP contribution is -2.24. The van der Waals surface area contributed by atoms with Crippen molar-refractivity contribution in [2.75, 3.05) is 20.3 Å². The van der Waals surface area contributed by atoms with Crippen LogP contribution in [-0.4, -0.2) is 20.3 Å². The summed E-state index contributed by atoms with van der Waals surface area (Å²) in [6.45, 7) is 1.10. The summed E-state index contributed by atoms with van der Waals surface area (Å²) in [6.07, 6.45) is 1.35. The van der Waals surface area contributed by atoms with Crippen molar-refractivity contribution in [1.82, 2.24) is 0 Å². The molecule has 0 spiro atoms. The third-order valence-electron chi connectivity index (χ3n) is 7.39. The Kier molecular flexibility index (Phi) is 8.27. The quantitative estimate of drug-likeness (QED) is 0.152. The second-order valence-corrected chi connectivity index (χ2v) is 13.1. The van der Waals surface area contributed by atoms with E-state index in [1.807, 2.05) is 0 Å². The molecule has 12 heteroatoms. The summed E-state index contributed by atoms with van der Waals surface area (Å²) < 4.78 is 135. The Morgan fingerprint density at radius 3 is 1.91 bits per heavy atom. The maximum absolute atomic E-state index is 15.0. The van der Waals surface area contributed by atoms with Crippen LogP contribution in [0.2, 0.25) is 0 Å². The summed E-state index contributed by atoms with van der Waals surface area (Å²) in [7, 11) is -8.65. The van der Waals surface area contributed by atoms with Gasteiger partial charge >= 0.3 is 10.2 Å². The molecule has 1 saturated heterocycles. The molecule has 0 amide bonds. The summed E-state index contributed by atoms with van der Waals surface area (Å²) in [5, 5.41) is 0. The number of benzene rings is 4. The van der Waals surface area contributed by atoms with Crippen LogP contribution in [0.25, 0.3) is 22.3 Å². The third kappa shape index (κ3) is 7.49. The molecule has 2 atom stereocenters. The summed E-state index contributed by atoms with van der Waals surface area (Å²) in [6, 6.07) is 12.4. The minimum Gasteiger partial charge on any atom is -0.384 e. The molecule has 0 aliphatic carbocycles. The van der Waals surface area contributed by atoms with Gasteiger partial charge < -0.3 is 9.47 Å². The molecule has 1 fully saturated rings. The van der Waals surface area contributed by atoms with Gasteiger partial charge in [0.05, 0.1) is 24.9 Å². The maximum atomic E-state index is 15.0. The highest BCUT2D eigenvalue weighted by Gasteiger charge is 2.67. The predicted molar refractivity (Wildman–Crippen MR) is 154 cm³/mol. The molecule has 0 N–H and O–H groups in total. The van der Waals surface area contributed by atoms with E-state index in [0.29, 0.717) is 30.8 Å². The van der Waals surface area contributed by atoms with Gasteiger partial charge in [-0.05, 0) is 72.0 Å². The van der Waals surface area contributed by atoms with Crippen molar-refractivity contribution in [3.63, 3.8) is 0 Å². The van der Waals surface area contributed by atoms with Crippen molar-refractivity contribution in [3.8, 4) is 34.1 Å². The lowest BCUT2D eigenvalue weighted by atomic mass is 9.93. The van der Waals surface area contributed by atoms with Gasteiger partial charge in [0.1, 0.15) is 28.2 Å². The maximum Gasteiger partial charge on any atom is 0.313 e. The first-order chi connectivity index (χ1) is 21.0. The molecule has 4 aromatic rings. The number of hydrogen-bond acceptors (Lipinski definition) is 2. The molecule has 0 saturated carbocycles. The van der Waals surface area contributed by atoms with Crippen LogP contribution >= 0.6 is 10.2 Å². The van der Waals surface area contributed by atoms with E-state index in [9.17, 15) is 32.6 Å². The molecule has 0 radical (unpaired) electrons. The second kappa shape index (κ2) is 11.5. The van der Waals surface area contributed by atoms with Crippen molar-refractivity contribution < 1.29 is 46.5 Å². The van der Waals surface area contributed by atoms with Gasteiger partial charge in [-0.25, -0.2) is 17.6 Å². The van der Waals surface area contributed by atoms with Gasteiger partial charge in [-0.15, -0.1) is 0 Å². The van der Waals surface area contributed by atoms with E-state index < -0.39 is 44.0 Å². The third-order valence-corrected chi connectivity index (χ3v) is 8.55. The van der Waals surface area contributed by atoms with E-state index in [-0.39, 0.29) is 46.1 Å². The highest BCUT2D eigenvalue weighted by atomic mass is 32.5. The fourth-order valence-corrected chi connectivity index (χ4v) is 5.89. The van der Waals surface area contributed by atoms with Crippen LogP contribution in [0.1, 0.15) is 35.6 Å². The highest BCUT2D eigenvalue weighted by molar-refractivity contribution is 8.45. The summed E-state index contributed by atoms with van der Waals surface area (Å²) in [5.41, 5.74) is 0.332. The van der Waals surface area contributed by atoms with Crippen molar-refractivity contribution >= 4 is 10.2 Å². The van der Waals surface area contributed by atoms with E-state index in [0.717, 1.165) is 31.0 Å². The zero-order valence-corrected chi connectivity index (χ0v) is 24.4. The molecule has 0 aromatic heterocycles. The topological polar surface area (TPSA) is 18.5 Å². The molecule has 238 valence electrons. The number of hydrogen-bond donors (Lipinski definition) is 0. The molecule has 1 aliphatic rings. The Morgan fingerprint density at radius 2 is 1.36 bits per heavy atom. The van der Waals surface area contributed by atoms with Crippen LogP contribution in [0.15, 0.2) is 77.7 Å². The zero-order valence-electron chi connectivity index (χ0n) is 23.5. The number of halogens is 9. The van der Waals surface area contributed by atoms with Gasteiger partial charge in [-0.3, -0.25) is 0 Å². The first kappa shape index (κ1) is 32.5. The lowest BCUT2D eigenvalue weighted by Gasteiger charge is -2.40. The smallest absolute Gasteiger partial charge is 0.313 e. The van der Waals surface area contributed by atoms with Crippen molar-refractivity contribution in [2.24, 2.45) is 5.92 Å². The monoisotopic (exact) mass is 656 g/mol. The van der Waals surface area contributed by atoms with Gasteiger partial charge in [0.15, 0.2) is 0 Å². The average molecular weight is 657 g/mol. The van der Waals surface area contributed by atoms with Crippen LogP contribution in [0.3, 0.4) is 0 Å². The van der Waals surface area contributed by atoms with Gasteiger partial charge in [-0.1, -0.05) is 61.6 Å². The van der Waals surface area contributed by atoms with Crippen molar-refractivity contribution in [2.45, 2.75) is 23.8 Å². The van der Waals surface area contributed by atoms with E-state index in [1.54, 1.807) is 19.2 Å². The summed E-state index contributed by atoms with van der Waals surface area (Å²) in [5.74, 6) is 0.810. The zero-order chi connectivity index (χ0) is 32.6. The molecule has 0 bridgehead atoms. The fraction of sp³-hybridized carbons (Fsp3) is 0.212. The van der Waals surface area contributed by atoms with Gasteiger partial charge in [-0.2, -0.15) is 0 Å². The van der Waals surface area contributed by atoms with Crippen LogP contribution < -0.4 is 0 Å². The molecular formula is C33H25F9O2S. The fourth-order valence-electron chi connectivity index (χ4n) is 5.13. The largest absolute Gasteiger partial charge is 0.384 e. The number of rotatable bonds is 6. The molecule has 2 nitrogen and oxygen atoms in total. The molecular weight excluding hydrogens is 631 g/mol. The van der Waals surface area contributed by atoms with Crippen LogP contribution in [-0.2, 0) is 9.47 Å². The Bertz CT molecular complexity index is 1820. The minimum absolute atomic E-state index is 0.0453. The average Bonchev–Trinajstić information content (AvgIpc) is 2.95. The van der Waals surface area contributed by atoms with Crippen molar-refractivity contribution in [3.05, 3.63) is 113 Å². The van der Waals surface area contributed by atoms with Crippen molar-refractivity contribution in [1.29, 1.82) is 0 Å². The molecule has 45 heavy (non-hydrogen) atoms. The highest BCUT2D eigenvalue weighted by Crippen LogP contribution is 3.02. The molecule has 1 aliphatic heterocycles. The van der Waals surface area contributed by atoms with Gasteiger partial charge in [0.25, 0.3) is 0 Å². The minimum atomic E-state index is -10.3. The second-order valence-electron chi connectivity index (χ2n) is 10.7. The Morgan fingerprint density at radius 1 is 0.711 bits per heavy atom. The predicted octanol–water partition coefficient (Wildman–Crippen LogP) is 10.7. The summed E-state index contributed by atoms with van der Waals surface area (Å²) >= 11 is 0. The summed E-state index contributed by atoms with van der Waals surface area (Å²) in [4.78, 5) is -2.69. The van der Waals surface area contributed by atoms with E-state index in [2.05, 4.69) is 11.8 Å².